The molecule has 0 spiro atoms. The van der Waals surface area contributed by atoms with E-state index in [1.54, 1.807) is 18.2 Å². The molecule has 1 aliphatic heterocycles. The van der Waals surface area contributed by atoms with Gasteiger partial charge >= 0.3 is 0 Å². The minimum absolute atomic E-state index is 0.0613. The minimum atomic E-state index is -0.732. The Balaban J connectivity index is 1.87. The molecule has 6 nitrogen and oxygen atoms in total. The summed E-state index contributed by atoms with van der Waals surface area (Å²) in [7, 11) is 0. The maximum Gasteiger partial charge on any atom is 0.265 e. The third kappa shape index (κ3) is 3.37. The molecule has 0 radical (unpaired) electrons. The zero-order valence-corrected chi connectivity index (χ0v) is 10.6. The van der Waals surface area contributed by atoms with Crippen LogP contribution in [0.1, 0.15) is 6.92 Å². The van der Waals surface area contributed by atoms with Gasteiger partial charge in [-0.3, -0.25) is 9.59 Å². The third-order valence-corrected chi connectivity index (χ3v) is 2.60. The summed E-state index contributed by atoms with van der Waals surface area (Å²) in [4.78, 5) is 23.1. The monoisotopic (exact) mass is 264 g/mol. The zero-order valence-electron chi connectivity index (χ0n) is 10.6. The number of rotatable bonds is 4. The van der Waals surface area contributed by atoms with Crippen molar-refractivity contribution in [1.29, 1.82) is 0 Å². The summed E-state index contributed by atoms with van der Waals surface area (Å²) in [6.45, 7) is 2.42. The molecule has 1 heterocycles. The maximum absolute atomic E-state index is 11.8. The molecule has 6 heteroatoms. The van der Waals surface area contributed by atoms with Crippen LogP contribution in [0.5, 0.6) is 11.5 Å². The number of likely N-dealkylation sites (N-methyl/N-ethyl adjacent to an activating group) is 1. The first-order chi connectivity index (χ1) is 9.20. The molecule has 2 rings (SSSR count). The first-order valence-electron chi connectivity index (χ1n) is 6.13. The topological polar surface area (TPSA) is 76.7 Å². The Labute approximate surface area is 111 Å². The third-order valence-electron chi connectivity index (χ3n) is 2.60. The van der Waals surface area contributed by atoms with Gasteiger partial charge < -0.3 is 20.1 Å². The molecular formula is C13H16N2O4. The van der Waals surface area contributed by atoms with Crippen LogP contribution in [0.3, 0.4) is 0 Å². The highest BCUT2D eigenvalue weighted by molar-refractivity contribution is 5.87. The van der Waals surface area contributed by atoms with Crippen LogP contribution >= 0.6 is 0 Å². The number of amides is 2. The molecule has 1 atom stereocenters. The summed E-state index contributed by atoms with van der Waals surface area (Å²) in [5, 5.41) is 5.11. The van der Waals surface area contributed by atoms with E-state index in [-0.39, 0.29) is 25.0 Å². The Morgan fingerprint density at radius 1 is 1.26 bits per heavy atom. The summed E-state index contributed by atoms with van der Waals surface area (Å²) in [5.74, 6) is 0.566. The van der Waals surface area contributed by atoms with Gasteiger partial charge in [-0.05, 0) is 19.1 Å². The van der Waals surface area contributed by atoms with Crippen LogP contribution in [0.2, 0.25) is 0 Å². The standard InChI is InChI=1S/C13H16N2O4/c1-2-14-12(16)7-15-13(17)11-8-18-9-5-3-4-6-10(9)19-11/h3-6,11H,2,7-8H2,1H3,(H,14,16)(H,15,17). The molecule has 102 valence electrons. The number of ether oxygens (including phenoxy) is 2. The fourth-order valence-corrected chi connectivity index (χ4v) is 1.69. The average Bonchev–Trinajstić information content (AvgIpc) is 2.44. The number of nitrogens with one attached hydrogen (secondary N) is 2. The van der Waals surface area contributed by atoms with Gasteiger partial charge in [0.15, 0.2) is 11.5 Å². The quantitative estimate of drug-likeness (QED) is 0.807. The maximum atomic E-state index is 11.8. The Hall–Kier alpha value is -2.24. The van der Waals surface area contributed by atoms with Crippen molar-refractivity contribution in [2.24, 2.45) is 0 Å². The second kappa shape index (κ2) is 6.08. The van der Waals surface area contributed by atoms with Crippen molar-refractivity contribution in [2.45, 2.75) is 13.0 Å². The van der Waals surface area contributed by atoms with Crippen LogP contribution in [0.25, 0.3) is 0 Å². The van der Waals surface area contributed by atoms with E-state index in [2.05, 4.69) is 10.6 Å². The molecule has 0 saturated heterocycles. The largest absolute Gasteiger partial charge is 0.485 e. The number of benzene rings is 1. The highest BCUT2D eigenvalue weighted by Crippen LogP contribution is 2.30. The molecule has 1 unspecified atom stereocenters. The van der Waals surface area contributed by atoms with Crippen molar-refractivity contribution in [3.8, 4) is 11.5 Å². The fourth-order valence-electron chi connectivity index (χ4n) is 1.69. The van der Waals surface area contributed by atoms with E-state index in [9.17, 15) is 9.59 Å². The van der Waals surface area contributed by atoms with Gasteiger partial charge in [0, 0.05) is 6.54 Å². The predicted molar refractivity (Wildman–Crippen MR) is 68.0 cm³/mol. The smallest absolute Gasteiger partial charge is 0.265 e. The molecule has 0 aromatic heterocycles. The molecule has 0 saturated carbocycles. The second-order valence-corrected chi connectivity index (χ2v) is 4.04. The van der Waals surface area contributed by atoms with E-state index in [1.807, 2.05) is 13.0 Å². The van der Waals surface area contributed by atoms with Crippen molar-refractivity contribution in [2.75, 3.05) is 19.7 Å². The van der Waals surface area contributed by atoms with Crippen molar-refractivity contribution in [3.05, 3.63) is 24.3 Å². The van der Waals surface area contributed by atoms with E-state index < -0.39 is 6.10 Å². The van der Waals surface area contributed by atoms with Gasteiger partial charge in [-0.15, -0.1) is 0 Å². The number of para-hydroxylation sites is 2. The number of hydrogen-bond donors (Lipinski definition) is 2. The van der Waals surface area contributed by atoms with Crippen LogP contribution in [-0.2, 0) is 9.59 Å². The van der Waals surface area contributed by atoms with E-state index >= 15 is 0 Å². The van der Waals surface area contributed by atoms with Crippen molar-refractivity contribution < 1.29 is 19.1 Å². The van der Waals surface area contributed by atoms with E-state index in [0.717, 1.165) is 0 Å². The molecule has 0 aliphatic carbocycles. The molecule has 2 N–H and O–H groups in total. The Bertz CT molecular complexity index is 475. The van der Waals surface area contributed by atoms with Gasteiger partial charge in [0.2, 0.25) is 12.0 Å². The molecule has 0 bridgehead atoms. The fraction of sp³-hybridized carbons (Fsp3) is 0.385. The first-order valence-corrected chi connectivity index (χ1v) is 6.13. The lowest BCUT2D eigenvalue weighted by Gasteiger charge is -2.25. The Morgan fingerprint density at radius 2 is 2.00 bits per heavy atom. The zero-order chi connectivity index (χ0) is 13.7. The number of carbonyl (C=O) groups excluding carboxylic acids is 2. The highest BCUT2D eigenvalue weighted by atomic mass is 16.6. The van der Waals surface area contributed by atoms with Crippen LogP contribution in [0.4, 0.5) is 0 Å². The SMILES string of the molecule is CCNC(=O)CNC(=O)C1COc2ccccc2O1. The molecule has 1 aromatic rings. The molecule has 2 amide bonds. The van der Waals surface area contributed by atoms with Crippen LogP contribution in [0, 0.1) is 0 Å². The number of carbonyl (C=O) groups is 2. The molecule has 19 heavy (non-hydrogen) atoms. The van der Waals surface area contributed by atoms with Gasteiger partial charge in [0.05, 0.1) is 6.54 Å². The molecule has 1 aliphatic rings. The highest BCUT2D eigenvalue weighted by Gasteiger charge is 2.27. The van der Waals surface area contributed by atoms with E-state index in [1.165, 1.54) is 0 Å². The second-order valence-electron chi connectivity index (χ2n) is 4.04. The van der Waals surface area contributed by atoms with Crippen LogP contribution in [0.15, 0.2) is 24.3 Å². The molecule has 0 fully saturated rings. The number of hydrogen-bond acceptors (Lipinski definition) is 4. The summed E-state index contributed by atoms with van der Waals surface area (Å²) in [6, 6.07) is 7.14. The van der Waals surface area contributed by atoms with Gasteiger partial charge in [-0.25, -0.2) is 0 Å². The normalized spacial score (nSPS) is 16.6. The van der Waals surface area contributed by atoms with Gasteiger partial charge in [-0.1, -0.05) is 12.1 Å². The number of fused-ring (bicyclic) bond motifs is 1. The first kappa shape index (κ1) is 13.2. The summed E-state index contributed by atoms with van der Waals surface area (Å²) >= 11 is 0. The lowest BCUT2D eigenvalue weighted by atomic mass is 10.2. The van der Waals surface area contributed by atoms with Gasteiger partial charge in [-0.2, -0.15) is 0 Å². The van der Waals surface area contributed by atoms with Gasteiger partial charge in [0.25, 0.3) is 5.91 Å². The Morgan fingerprint density at radius 3 is 2.74 bits per heavy atom. The van der Waals surface area contributed by atoms with Crippen molar-refractivity contribution in [1.82, 2.24) is 10.6 Å². The summed E-state index contributed by atoms with van der Waals surface area (Å²) in [5.41, 5.74) is 0. The van der Waals surface area contributed by atoms with E-state index in [4.69, 9.17) is 9.47 Å². The van der Waals surface area contributed by atoms with E-state index in [0.29, 0.717) is 18.0 Å². The lowest BCUT2D eigenvalue weighted by molar-refractivity contribution is -0.132. The average molecular weight is 264 g/mol. The van der Waals surface area contributed by atoms with Gasteiger partial charge in [0.1, 0.15) is 6.61 Å². The van der Waals surface area contributed by atoms with Crippen molar-refractivity contribution in [3.63, 3.8) is 0 Å². The van der Waals surface area contributed by atoms with Crippen LogP contribution < -0.4 is 20.1 Å². The Kier molecular flexibility index (Phi) is 4.22. The molecular weight excluding hydrogens is 248 g/mol. The predicted octanol–water partition coefficient (Wildman–Crippen LogP) is 0.0787. The van der Waals surface area contributed by atoms with Crippen LogP contribution in [-0.4, -0.2) is 37.6 Å². The summed E-state index contributed by atoms with van der Waals surface area (Å²) in [6.07, 6.45) is -0.732. The summed E-state index contributed by atoms with van der Waals surface area (Å²) < 4.78 is 10.9. The lowest BCUT2D eigenvalue weighted by Crippen LogP contribution is -2.47. The van der Waals surface area contributed by atoms with Crippen molar-refractivity contribution >= 4 is 11.8 Å². The minimum Gasteiger partial charge on any atom is -0.485 e. The molecule has 1 aromatic carbocycles.